The van der Waals surface area contributed by atoms with E-state index in [0.29, 0.717) is 24.4 Å². The number of likely N-dealkylation sites (tertiary alicyclic amines) is 1. The van der Waals surface area contributed by atoms with Gasteiger partial charge in [0.2, 0.25) is 5.91 Å². The predicted molar refractivity (Wildman–Crippen MR) is 102 cm³/mol. The fourth-order valence-corrected chi connectivity index (χ4v) is 3.78. The van der Waals surface area contributed by atoms with Crippen LogP contribution in [-0.2, 0) is 4.79 Å². The van der Waals surface area contributed by atoms with Gasteiger partial charge in [-0.2, -0.15) is 0 Å². The lowest BCUT2D eigenvalue weighted by atomic mass is 9.97. The Morgan fingerprint density at radius 3 is 2.65 bits per heavy atom. The summed E-state index contributed by atoms with van der Waals surface area (Å²) in [6.45, 7) is 7.00. The fourth-order valence-electron chi connectivity index (χ4n) is 3.78. The molecule has 0 radical (unpaired) electrons. The zero-order chi connectivity index (χ0) is 18.2. The SMILES string of the molecule is O=C(NCC1CCCN(CCC(=O)N2CCNCC2)C1)c1ccccc1. The van der Waals surface area contributed by atoms with Gasteiger partial charge in [0.25, 0.3) is 5.91 Å². The molecule has 6 nitrogen and oxygen atoms in total. The van der Waals surface area contributed by atoms with Crippen molar-refractivity contribution in [3.05, 3.63) is 35.9 Å². The third-order valence-electron chi connectivity index (χ3n) is 5.30. The molecule has 0 spiro atoms. The lowest BCUT2D eigenvalue weighted by Gasteiger charge is -2.33. The molecule has 3 rings (SSSR count). The van der Waals surface area contributed by atoms with Crippen molar-refractivity contribution in [2.24, 2.45) is 5.92 Å². The predicted octanol–water partition coefficient (Wildman–Crippen LogP) is 0.950. The molecule has 0 aliphatic carbocycles. The number of piperidine rings is 1. The summed E-state index contributed by atoms with van der Waals surface area (Å²) in [4.78, 5) is 28.8. The highest BCUT2D eigenvalue weighted by molar-refractivity contribution is 5.94. The number of carbonyl (C=O) groups excluding carboxylic acids is 2. The number of rotatable bonds is 6. The first kappa shape index (κ1) is 18.9. The first-order chi connectivity index (χ1) is 12.7. The first-order valence-electron chi connectivity index (χ1n) is 9.76. The molecule has 142 valence electrons. The zero-order valence-corrected chi connectivity index (χ0v) is 15.5. The molecule has 0 saturated carbocycles. The summed E-state index contributed by atoms with van der Waals surface area (Å²) in [6.07, 6.45) is 2.87. The van der Waals surface area contributed by atoms with Gasteiger partial charge in [0.15, 0.2) is 0 Å². The van der Waals surface area contributed by atoms with E-state index in [9.17, 15) is 9.59 Å². The number of carbonyl (C=O) groups is 2. The number of nitrogens with one attached hydrogen (secondary N) is 2. The molecule has 26 heavy (non-hydrogen) atoms. The Kier molecular flexibility index (Phi) is 7.03. The topological polar surface area (TPSA) is 64.7 Å². The van der Waals surface area contributed by atoms with Crippen molar-refractivity contribution >= 4 is 11.8 Å². The molecule has 2 saturated heterocycles. The number of nitrogens with zero attached hydrogens (tertiary/aromatic N) is 2. The monoisotopic (exact) mass is 358 g/mol. The van der Waals surface area contributed by atoms with E-state index in [2.05, 4.69) is 15.5 Å². The van der Waals surface area contributed by atoms with Crippen molar-refractivity contribution in [1.29, 1.82) is 0 Å². The van der Waals surface area contributed by atoms with Crippen LogP contribution in [0.15, 0.2) is 30.3 Å². The van der Waals surface area contributed by atoms with Crippen molar-refractivity contribution in [2.45, 2.75) is 19.3 Å². The van der Waals surface area contributed by atoms with Crippen LogP contribution in [0.5, 0.6) is 0 Å². The van der Waals surface area contributed by atoms with Crippen molar-refractivity contribution in [1.82, 2.24) is 20.4 Å². The number of hydrogen-bond acceptors (Lipinski definition) is 4. The summed E-state index contributed by atoms with van der Waals surface area (Å²) in [7, 11) is 0. The van der Waals surface area contributed by atoms with E-state index in [1.165, 1.54) is 0 Å². The van der Waals surface area contributed by atoms with Crippen LogP contribution in [0.3, 0.4) is 0 Å². The Balaban J connectivity index is 1.38. The normalized spacial score (nSPS) is 21.4. The number of hydrogen-bond donors (Lipinski definition) is 2. The highest BCUT2D eigenvalue weighted by Crippen LogP contribution is 2.16. The maximum atomic E-state index is 12.3. The highest BCUT2D eigenvalue weighted by atomic mass is 16.2. The molecule has 2 amide bonds. The molecule has 2 heterocycles. The fraction of sp³-hybridized carbons (Fsp3) is 0.600. The van der Waals surface area contributed by atoms with Gasteiger partial charge in [-0.1, -0.05) is 18.2 Å². The summed E-state index contributed by atoms with van der Waals surface area (Å²) < 4.78 is 0. The van der Waals surface area contributed by atoms with E-state index in [1.807, 2.05) is 35.2 Å². The van der Waals surface area contributed by atoms with Crippen molar-refractivity contribution in [3.8, 4) is 0 Å². The van der Waals surface area contributed by atoms with E-state index < -0.39 is 0 Å². The van der Waals surface area contributed by atoms with Gasteiger partial charge >= 0.3 is 0 Å². The molecule has 0 aromatic heterocycles. The Bertz CT molecular complexity index is 587. The highest BCUT2D eigenvalue weighted by Gasteiger charge is 2.22. The largest absolute Gasteiger partial charge is 0.352 e. The smallest absolute Gasteiger partial charge is 0.251 e. The van der Waals surface area contributed by atoms with Crippen molar-refractivity contribution < 1.29 is 9.59 Å². The van der Waals surface area contributed by atoms with Gasteiger partial charge in [0, 0.05) is 57.8 Å². The van der Waals surface area contributed by atoms with E-state index in [-0.39, 0.29) is 11.8 Å². The Morgan fingerprint density at radius 1 is 1.12 bits per heavy atom. The Labute approximate surface area is 155 Å². The van der Waals surface area contributed by atoms with Crippen LogP contribution in [0, 0.1) is 5.92 Å². The molecule has 2 aliphatic heterocycles. The van der Waals surface area contributed by atoms with E-state index >= 15 is 0 Å². The molecule has 1 unspecified atom stereocenters. The van der Waals surface area contributed by atoms with Gasteiger partial charge in [0.1, 0.15) is 0 Å². The standard InChI is InChI=1S/C20H30N4O2/c25-19(24-13-9-21-10-14-24)8-12-23-11-4-5-17(16-23)15-22-20(26)18-6-2-1-3-7-18/h1-3,6-7,17,21H,4-5,8-16H2,(H,22,26). The van der Waals surface area contributed by atoms with Gasteiger partial charge in [-0.3, -0.25) is 9.59 Å². The molecule has 2 aliphatic rings. The van der Waals surface area contributed by atoms with Crippen molar-refractivity contribution in [2.75, 3.05) is 52.4 Å². The van der Waals surface area contributed by atoms with Crippen molar-refractivity contribution in [3.63, 3.8) is 0 Å². The molecule has 2 N–H and O–H groups in total. The number of amides is 2. The van der Waals surface area contributed by atoms with Crippen LogP contribution in [0.2, 0.25) is 0 Å². The average molecular weight is 358 g/mol. The van der Waals surface area contributed by atoms with Crippen LogP contribution in [-0.4, -0.2) is 74.0 Å². The van der Waals surface area contributed by atoms with Crippen LogP contribution < -0.4 is 10.6 Å². The first-order valence-corrected chi connectivity index (χ1v) is 9.76. The molecular formula is C20H30N4O2. The van der Waals surface area contributed by atoms with Crippen LogP contribution in [0.4, 0.5) is 0 Å². The third kappa shape index (κ3) is 5.54. The summed E-state index contributed by atoms with van der Waals surface area (Å²) in [5.41, 5.74) is 0.710. The minimum atomic E-state index is -0.00314. The Hall–Kier alpha value is -1.92. The summed E-state index contributed by atoms with van der Waals surface area (Å²) in [5.74, 6) is 0.730. The summed E-state index contributed by atoms with van der Waals surface area (Å²) >= 11 is 0. The molecule has 0 bridgehead atoms. The second-order valence-corrected chi connectivity index (χ2v) is 7.27. The lowest BCUT2D eigenvalue weighted by molar-refractivity contribution is -0.132. The Morgan fingerprint density at radius 2 is 1.88 bits per heavy atom. The molecule has 1 atom stereocenters. The molecule has 2 fully saturated rings. The maximum Gasteiger partial charge on any atom is 0.251 e. The van der Waals surface area contributed by atoms with E-state index in [1.54, 1.807) is 0 Å². The quantitative estimate of drug-likeness (QED) is 0.795. The van der Waals surface area contributed by atoms with E-state index in [4.69, 9.17) is 0 Å². The third-order valence-corrected chi connectivity index (χ3v) is 5.30. The van der Waals surface area contributed by atoms with Gasteiger partial charge in [-0.15, -0.1) is 0 Å². The molecule has 1 aromatic carbocycles. The second-order valence-electron chi connectivity index (χ2n) is 7.27. The number of piperazine rings is 1. The average Bonchev–Trinajstić information content (AvgIpc) is 2.72. The lowest BCUT2D eigenvalue weighted by Crippen LogP contribution is -2.47. The minimum Gasteiger partial charge on any atom is -0.352 e. The van der Waals surface area contributed by atoms with Gasteiger partial charge in [-0.05, 0) is 37.4 Å². The summed E-state index contributed by atoms with van der Waals surface area (Å²) in [5, 5.41) is 6.34. The molecule has 1 aromatic rings. The second kappa shape index (κ2) is 9.69. The van der Waals surface area contributed by atoms with Gasteiger partial charge in [0.05, 0.1) is 0 Å². The zero-order valence-electron chi connectivity index (χ0n) is 15.5. The van der Waals surface area contributed by atoms with Gasteiger partial charge < -0.3 is 20.4 Å². The molecule has 6 heteroatoms. The van der Waals surface area contributed by atoms with Crippen LogP contribution in [0.1, 0.15) is 29.6 Å². The number of benzene rings is 1. The van der Waals surface area contributed by atoms with E-state index in [0.717, 1.165) is 58.7 Å². The maximum absolute atomic E-state index is 12.3. The van der Waals surface area contributed by atoms with Gasteiger partial charge in [-0.25, -0.2) is 0 Å². The molecular weight excluding hydrogens is 328 g/mol. The summed E-state index contributed by atoms with van der Waals surface area (Å²) in [6, 6.07) is 9.35. The van der Waals surface area contributed by atoms with Crippen LogP contribution >= 0.6 is 0 Å². The minimum absolute atomic E-state index is 0.00314. The van der Waals surface area contributed by atoms with Crippen LogP contribution in [0.25, 0.3) is 0 Å².